The maximum atomic E-state index is 12.5. The van der Waals surface area contributed by atoms with Gasteiger partial charge in [-0.15, -0.1) is 24.0 Å². The van der Waals surface area contributed by atoms with E-state index in [0.29, 0.717) is 36.1 Å². The van der Waals surface area contributed by atoms with E-state index in [-0.39, 0.29) is 30.1 Å². The highest BCUT2D eigenvalue weighted by Gasteiger charge is 2.20. The second kappa shape index (κ2) is 13.7. The van der Waals surface area contributed by atoms with Crippen LogP contribution in [0.3, 0.4) is 0 Å². The Morgan fingerprint density at radius 2 is 1.71 bits per heavy atom. The third kappa shape index (κ3) is 8.40. The quantitative estimate of drug-likeness (QED) is 0.202. The predicted molar refractivity (Wildman–Crippen MR) is 136 cm³/mol. The maximum absolute atomic E-state index is 12.5. The number of nitrogens with one attached hydrogen (secondary N) is 2. The van der Waals surface area contributed by atoms with Gasteiger partial charge in [0.1, 0.15) is 0 Å². The Labute approximate surface area is 203 Å². The number of hydrogen-bond acceptors (Lipinski definition) is 4. The fourth-order valence-electron chi connectivity index (χ4n) is 2.86. The Morgan fingerprint density at radius 3 is 2.35 bits per heavy atom. The first kappa shape index (κ1) is 27.3. The summed E-state index contributed by atoms with van der Waals surface area (Å²) in [6, 6.07) is 17.1. The molecule has 0 aliphatic carbocycles. The molecule has 0 saturated carbocycles. The molecule has 0 heterocycles. The van der Waals surface area contributed by atoms with Crippen molar-refractivity contribution in [3.8, 4) is 0 Å². The molecular formula is C22H33IN4O3S. The molecule has 0 fully saturated rings. The molecule has 0 aromatic heterocycles. The van der Waals surface area contributed by atoms with Crippen molar-refractivity contribution in [1.29, 1.82) is 0 Å². The van der Waals surface area contributed by atoms with Crippen LogP contribution in [0.1, 0.15) is 30.6 Å². The van der Waals surface area contributed by atoms with Gasteiger partial charge < -0.3 is 15.4 Å². The molecule has 7 nitrogen and oxygen atoms in total. The van der Waals surface area contributed by atoms with Crippen molar-refractivity contribution in [2.75, 3.05) is 34.3 Å². The van der Waals surface area contributed by atoms with Crippen molar-refractivity contribution >= 4 is 40.0 Å². The van der Waals surface area contributed by atoms with Gasteiger partial charge in [-0.2, -0.15) is 0 Å². The molecule has 2 rings (SSSR count). The summed E-state index contributed by atoms with van der Waals surface area (Å²) in [4.78, 5) is 4.50. The average Bonchev–Trinajstić information content (AvgIpc) is 2.76. The highest BCUT2D eigenvalue weighted by atomic mass is 127. The first-order chi connectivity index (χ1) is 14.4. The lowest BCUT2D eigenvalue weighted by molar-refractivity contribution is 0.0646. The molecule has 31 heavy (non-hydrogen) atoms. The van der Waals surface area contributed by atoms with Crippen LogP contribution < -0.4 is 10.6 Å². The minimum atomic E-state index is -3.50. The minimum Gasteiger partial charge on any atom is -0.374 e. The Hall–Kier alpha value is -1.69. The van der Waals surface area contributed by atoms with Crippen molar-refractivity contribution in [1.82, 2.24) is 14.9 Å². The summed E-state index contributed by atoms with van der Waals surface area (Å²) in [5, 5.41) is 6.41. The Kier molecular flexibility index (Phi) is 12.1. The Bertz CT molecular complexity index is 921. The van der Waals surface area contributed by atoms with Gasteiger partial charge in [0.25, 0.3) is 0 Å². The third-order valence-corrected chi connectivity index (χ3v) is 6.57. The molecule has 0 amide bonds. The molecule has 0 bridgehead atoms. The zero-order valence-electron chi connectivity index (χ0n) is 18.5. The van der Waals surface area contributed by atoms with E-state index in [1.54, 1.807) is 25.2 Å². The van der Waals surface area contributed by atoms with E-state index in [0.717, 1.165) is 12.0 Å². The first-order valence-electron chi connectivity index (χ1n) is 9.97. The van der Waals surface area contributed by atoms with E-state index in [1.165, 1.54) is 18.4 Å². The number of ether oxygens (including phenoxy) is 1. The van der Waals surface area contributed by atoms with Crippen LogP contribution in [0.15, 0.2) is 64.5 Å². The van der Waals surface area contributed by atoms with Crippen LogP contribution >= 0.6 is 24.0 Å². The van der Waals surface area contributed by atoms with Gasteiger partial charge in [-0.05, 0) is 30.5 Å². The van der Waals surface area contributed by atoms with Crippen LogP contribution in [0.2, 0.25) is 0 Å². The molecule has 9 heteroatoms. The van der Waals surface area contributed by atoms with Crippen LogP contribution in [0.4, 0.5) is 0 Å². The molecule has 1 atom stereocenters. The van der Waals surface area contributed by atoms with Gasteiger partial charge in [-0.25, -0.2) is 12.7 Å². The molecule has 1 unspecified atom stereocenters. The molecule has 0 radical (unpaired) electrons. The molecule has 2 N–H and O–H groups in total. The number of rotatable bonds is 10. The van der Waals surface area contributed by atoms with Gasteiger partial charge in [0.05, 0.1) is 11.0 Å². The van der Waals surface area contributed by atoms with E-state index in [1.807, 2.05) is 31.2 Å². The molecule has 0 aliphatic heterocycles. The average molecular weight is 561 g/mol. The summed E-state index contributed by atoms with van der Waals surface area (Å²) in [7, 11) is 1.24. The van der Waals surface area contributed by atoms with E-state index >= 15 is 0 Å². The molecule has 0 aliphatic rings. The largest absolute Gasteiger partial charge is 0.374 e. The normalized spacial score (nSPS) is 12.9. The second-order valence-electron chi connectivity index (χ2n) is 7.02. The van der Waals surface area contributed by atoms with Crippen molar-refractivity contribution < 1.29 is 13.2 Å². The third-order valence-electron chi connectivity index (χ3n) is 4.65. The number of sulfonamides is 1. The lowest BCUT2D eigenvalue weighted by atomic mass is 10.1. The zero-order valence-corrected chi connectivity index (χ0v) is 21.7. The SMILES string of the molecule is CN=C(NCCCOC(C)c1ccccc1)NCc1ccccc1S(=O)(=O)N(C)C.I. The van der Waals surface area contributed by atoms with Gasteiger partial charge in [-0.3, -0.25) is 4.99 Å². The van der Waals surface area contributed by atoms with E-state index in [4.69, 9.17) is 4.74 Å². The number of hydrogen-bond donors (Lipinski definition) is 2. The topological polar surface area (TPSA) is 83.0 Å². The van der Waals surface area contributed by atoms with E-state index < -0.39 is 10.0 Å². The summed E-state index contributed by atoms with van der Waals surface area (Å²) in [5.74, 6) is 0.614. The van der Waals surface area contributed by atoms with Crippen LogP contribution in [0.25, 0.3) is 0 Å². The second-order valence-corrected chi connectivity index (χ2v) is 9.15. The summed E-state index contributed by atoms with van der Waals surface area (Å²) >= 11 is 0. The maximum Gasteiger partial charge on any atom is 0.242 e. The monoisotopic (exact) mass is 560 g/mol. The molecular weight excluding hydrogens is 527 g/mol. The predicted octanol–water partition coefficient (Wildman–Crippen LogP) is 3.39. The Morgan fingerprint density at radius 1 is 1.06 bits per heavy atom. The molecule has 172 valence electrons. The minimum absolute atomic E-state index is 0. The number of guanidine groups is 1. The number of benzene rings is 2. The molecule has 0 spiro atoms. The first-order valence-corrected chi connectivity index (χ1v) is 11.4. The van der Waals surface area contributed by atoms with Crippen LogP contribution in [-0.4, -0.2) is 53.0 Å². The molecule has 2 aromatic carbocycles. The van der Waals surface area contributed by atoms with Crippen molar-refractivity contribution in [2.24, 2.45) is 4.99 Å². The number of halogens is 1. The van der Waals surface area contributed by atoms with Gasteiger partial charge in [-0.1, -0.05) is 48.5 Å². The fraction of sp³-hybridized carbons (Fsp3) is 0.409. The van der Waals surface area contributed by atoms with E-state index in [9.17, 15) is 8.42 Å². The van der Waals surface area contributed by atoms with Gasteiger partial charge >= 0.3 is 0 Å². The summed E-state index contributed by atoms with van der Waals surface area (Å²) in [5.41, 5.74) is 1.85. The Balaban J connectivity index is 0.00000480. The fourth-order valence-corrected chi connectivity index (χ4v) is 3.97. The number of aliphatic imine (C=N–C) groups is 1. The lowest BCUT2D eigenvalue weighted by Gasteiger charge is -2.17. The summed E-state index contributed by atoms with van der Waals surface area (Å²) < 4.78 is 32.1. The summed E-state index contributed by atoms with van der Waals surface area (Å²) in [6.07, 6.45) is 0.877. The van der Waals surface area contributed by atoms with Crippen molar-refractivity contribution in [2.45, 2.75) is 30.9 Å². The van der Waals surface area contributed by atoms with Crippen LogP contribution in [0.5, 0.6) is 0 Å². The van der Waals surface area contributed by atoms with Crippen molar-refractivity contribution in [3.05, 3.63) is 65.7 Å². The van der Waals surface area contributed by atoms with Crippen LogP contribution in [-0.2, 0) is 21.3 Å². The van der Waals surface area contributed by atoms with Gasteiger partial charge in [0, 0.05) is 40.8 Å². The van der Waals surface area contributed by atoms with Gasteiger partial charge in [0.15, 0.2) is 5.96 Å². The highest BCUT2D eigenvalue weighted by molar-refractivity contribution is 14.0. The van der Waals surface area contributed by atoms with Crippen molar-refractivity contribution in [3.63, 3.8) is 0 Å². The lowest BCUT2D eigenvalue weighted by Crippen LogP contribution is -2.38. The smallest absolute Gasteiger partial charge is 0.242 e. The van der Waals surface area contributed by atoms with Crippen LogP contribution in [0, 0.1) is 0 Å². The van der Waals surface area contributed by atoms with Gasteiger partial charge in [0.2, 0.25) is 10.0 Å². The zero-order chi connectivity index (χ0) is 22.0. The molecule has 2 aromatic rings. The summed E-state index contributed by atoms with van der Waals surface area (Å²) in [6.45, 7) is 3.72. The molecule has 0 saturated heterocycles. The highest BCUT2D eigenvalue weighted by Crippen LogP contribution is 2.18. The number of nitrogens with zero attached hydrogens (tertiary/aromatic N) is 2. The van der Waals surface area contributed by atoms with E-state index in [2.05, 4.69) is 27.8 Å². The standard InChI is InChI=1S/C22H32N4O3S.HI/c1-18(19-11-6-5-7-12-19)29-16-10-15-24-22(23-2)25-17-20-13-8-9-14-21(20)30(27,28)26(3)4;/h5-9,11-14,18H,10,15-17H2,1-4H3,(H2,23,24,25);1H.